The van der Waals surface area contributed by atoms with Crippen molar-refractivity contribution in [1.82, 2.24) is 5.32 Å². The van der Waals surface area contributed by atoms with Gasteiger partial charge in [-0.25, -0.2) is 0 Å². The summed E-state index contributed by atoms with van der Waals surface area (Å²) >= 11 is 0. The van der Waals surface area contributed by atoms with Crippen LogP contribution in [0.4, 0.5) is 0 Å². The van der Waals surface area contributed by atoms with Crippen LogP contribution < -0.4 is 5.32 Å². The fourth-order valence-corrected chi connectivity index (χ4v) is 2.03. The molecule has 0 aromatic rings. The molecule has 0 radical (unpaired) electrons. The van der Waals surface area contributed by atoms with Crippen molar-refractivity contribution in [2.24, 2.45) is 5.92 Å². The molecule has 0 saturated heterocycles. The van der Waals surface area contributed by atoms with E-state index >= 15 is 0 Å². The smallest absolute Gasteiger partial charge is 0.326 e. The summed E-state index contributed by atoms with van der Waals surface area (Å²) in [6.45, 7) is 9.35. The van der Waals surface area contributed by atoms with E-state index in [-0.39, 0.29) is 5.97 Å². The maximum absolute atomic E-state index is 11.9. The van der Waals surface area contributed by atoms with Crippen LogP contribution in [0.15, 0.2) is 0 Å². The van der Waals surface area contributed by atoms with Gasteiger partial charge in [-0.2, -0.15) is 0 Å². The molecular weight excluding hydrogens is 202 g/mol. The molecule has 16 heavy (non-hydrogen) atoms. The van der Waals surface area contributed by atoms with Gasteiger partial charge in [0.1, 0.15) is 5.54 Å². The first-order valence-corrected chi connectivity index (χ1v) is 6.35. The van der Waals surface area contributed by atoms with E-state index in [4.69, 9.17) is 4.74 Å². The first kappa shape index (κ1) is 15.4. The summed E-state index contributed by atoms with van der Waals surface area (Å²) in [6, 6.07) is 0. The summed E-state index contributed by atoms with van der Waals surface area (Å²) in [5.41, 5.74) is -0.470. The van der Waals surface area contributed by atoms with Crippen LogP contribution in [0.25, 0.3) is 0 Å². The lowest BCUT2D eigenvalue weighted by Crippen LogP contribution is -2.53. The summed E-state index contributed by atoms with van der Waals surface area (Å²) in [7, 11) is 1.47. The second-order valence-electron chi connectivity index (χ2n) is 4.85. The monoisotopic (exact) mass is 229 g/mol. The van der Waals surface area contributed by atoms with Gasteiger partial charge < -0.3 is 10.1 Å². The molecule has 0 aromatic heterocycles. The van der Waals surface area contributed by atoms with Crippen molar-refractivity contribution in [3.8, 4) is 0 Å². The van der Waals surface area contributed by atoms with Gasteiger partial charge in [-0.1, -0.05) is 40.5 Å². The minimum Gasteiger partial charge on any atom is -0.468 e. The fraction of sp³-hybridized carbons (Fsp3) is 0.923. The minimum atomic E-state index is -0.470. The van der Waals surface area contributed by atoms with Gasteiger partial charge in [-0.15, -0.1) is 0 Å². The molecule has 0 aromatic carbocycles. The Hall–Kier alpha value is -0.570. The normalized spacial score (nSPS) is 11.9. The van der Waals surface area contributed by atoms with Crippen LogP contribution in [0.2, 0.25) is 0 Å². The van der Waals surface area contributed by atoms with Gasteiger partial charge in [0, 0.05) is 0 Å². The Morgan fingerprint density at radius 3 is 2.06 bits per heavy atom. The van der Waals surface area contributed by atoms with E-state index < -0.39 is 5.54 Å². The van der Waals surface area contributed by atoms with Crippen LogP contribution in [-0.2, 0) is 9.53 Å². The molecule has 0 bridgehead atoms. The van der Waals surface area contributed by atoms with E-state index in [9.17, 15) is 4.79 Å². The number of methoxy groups -OCH3 is 1. The lowest BCUT2D eigenvalue weighted by Gasteiger charge is -2.32. The summed E-state index contributed by atoms with van der Waals surface area (Å²) in [5.74, 6) is 0.426. The van der Waals surface area contributed by atoms with Crippen molar-refractivity contribution >= 4 is 5.97 Å². The summed E-state index contributed by atoms with van der Waals surface area (Å²) in [5, 5.41) is 3.41. The topological polar surface area (TPSA) is 38.3 Å². The highest BCUT2D eigenvalue weighted by molar-refractivity contribution is 5.80. The van der Waals surface area contributed by atoms with Crippen LogP contribution in [0, 0.1) is 5.92 Å². The van der Waals surface area contributed by atoms with Gasteiger partial charge >= 0.3 is 5.97 Å². The quantitative estimate of drug-likeness (QED) is 0.650. The maximum Gasteiger partial charge on any atom is 0.326 e. The van der Waals surface area contributed by atoms with Crippen molar-refractivity contribution in [2.75, 3.05) is 13.7 Å². The van der Waals surface area contributed by atoms with Crippen LogP contribution in [0.5, 0.6) is 0 Å². The third-order valence-electron chi connectivity index (χ3n) is 2.78. The molecule has 0 rings (SSSR count). The van der Waals surface area contributed by atoms with Crippen LogP contribution in [0.3, 0.4) is 0 Å². The Morgan fingerprint density at radius 1 is 1.25 bits per heavy atom. The van der Waals surface area contributed by atoms with E-state index in [0.29, 0.717) is 5.92 Å². The predicted molar refractivity (Wildman–Crippen MR) is 67.4 cm³/mol. The Balaban J connectivity index is 4.70. The van der Waals surface area contributed by atoms with Gasteiger partial charge in [0.2, 0.25) is 0 Å². The van der Waals surface area contributed by atoms with Crippen LogP contribution >= 0.6 is 0 Å². The lowest BCUT2D eigenvalue weighted by atomic mass is 9.88. The number of rotatable bonds is 8. The highest BCUT2D eigenvalue weighted by atomic mass is 16.5. The number of hydrogen-bond acceptors (Lipinski definition) is 3. The maximum atomic E-state index is 11.9. The Labute approximate surface area is 99.9 Å². The molecule has 0 aliphatic carbocycles. The standard InChI is InChI=1S/C13H27NO2/c1-6-8-13(9-7-2,12(15)16-5)14-10-11(3)4/h11,14H,6-10H2,1-5H3. The molecular formula is C13H27NO2. The Kier molecular flexibility index (Phi) is 7.39. The largest absolute Gasteiger partial charge is 0.468 e. The minimum absolute atomic E-state index is 0.114. The fourth-order valence-electron chi connectivity index (χ4n) is 2.03. The summed E-state index contributed by atoms with van der Waals surface area (Å²) in [4.78, 5) is 11.9. The molecule has 0 heterocycles. The van der Waals surface area contributed by atoms with Gasteiger partial charge in [0.25, 0.3) is 0 Å². The van der Waals surface area contributed by atoms with Gasteiger partial charge in [-0.3, -0.25) is 4.79 Å². The van der Waals surface area contributed by atoms with Crippen molar-refractivity contribution < 1.29 is 9.53 Å². The molecule has 3 nitrogen and oxygen atoms in total. The van der Waals surface area contributed by atoms with E-state index in [1.807, 2.05) is 0 Å². The number of ether oxygens (including phenoxy) is 1. The van der Waals surface area contributed by atoms with Crippen molar-refractivity contribution in [2.45, 2.75) is 58.9 Å². The zero-order valence-corrected chi connectivity index (χ0v) is 11.4. The van der Waals surface area contributed by atoms with E-state index in [0.717, 1.165) is 32.2 Å². The number of carbonyl (C=O) groups is 1. The average molecular weight is 229 g/mol. The zero-order chi connectivity index (χ0) is 12.6. The van der Waals surface area contributed by atoms with Crippen molar-refractivity contribution in [1.29, 1.82) is 0 Å². The second-order valence-corrected chi connectivity index (χ2v) is 4.85. The van der Waals surface area contributed by atoms with Gasteiger partial charge in [-0.05, 0) is 25.3 Å². The molecule has 0 amide bonds. The Bertz CT molecular complexity index is 196. The molecule has 0 unspecified atom stereocenters. The predicted octanol–water partition coefficient (Wildman–Crippen LogP) is 2.74. The van der Waals surface area contributed by atoms with Gasteiger partial charge in [0.05, 0.1) is 7.11 Å². The third-order valence-corrected chi connectivity index (χ3v) is 2.78. The molecule has 0 fully saturated rings. The number of esters is 1. The third kappa shape index (κ3) is 4.52. The first-order valence-electron chi connectivity index (χ1n) is 6.35. The highest BCUT2D eigenvalue weighted by Crippen LogP contribution is 2.21. The second kappa shape index (κ2) is 7.66. The average Bonchev–Trinajstić information content (AvgIpc) is 2.25. The van der Waals surface area contributed by atoms with Gasteiger partial charge in [0.15, 0.2) is 0 Å². The van der Waals surface area contributed by atoms with Crippen LogP contribution in [-0.4, -0.2) is 25.2 Å². The molecule has 96 valence electrons. The van der Waals surface area contributed by atoms with Crippen molar-refractivity contribution in [3.63, 3.8) is 0 Å². The van der Waals surface area contributed by atoms with Crippen LogP contribution in [0.1, 0.15) is 53.4 Å². The lowest BCUT2D eigenvalue weighted by molar-refractivity contribution is -0.149. The SMILES string of the molecule is CCCC(CCC)(NCC(C)C)C(=O)OC. The molecule has 0 spiro atoms. The highest BCUT2D eigenvalue weighted by Gasteiger charge is 2.37. The zero-order valence-electron chi connectivity index (χ0n) is 11.4. The molecule has 0 saturated carbocycles. The molecule has 0 aliphatic rings. The van der Waals surface area contributed by atoms with E-state index in [1.165, 1.54) is 7.11 Å². The summed E-state index contributed by atoms with van der Waals surface area (Å²) < 4.78 is 4.95. The molecule has 0 aliphatic heterocycles. The summed E-state index contributed by atoms with van der Waals surface area (Å²) in [6.07, 6.45) is 3.67. The first-order chi connectivity index (χ1) is 7.52. The van der Waals surface area contributed by atoms with E-state index in [2.05, 4.69) is 33.0 Å². The van der Waals surface area contributed by atoms with Crippen molar-refractivity contribution in [3.05, 3.63) is 0 Å². The number of nitrogens with one attached hydrogen (secondary N) is 1. The molecule has 3 heteroatoms. The molecule has 1 N–H and O–H groups in total. The Morgan fingerprint density at radius 2 is 1.75 bits per heavy atom. The number of hydrogen-bond donors (Lipinski definition) is 1. The molecule has 0 atom stereocenters. The number of carbonyl (C=O) groups excluding carboxylic acids is 1. The van der Waals surface area contributed by atoms with E-state index in [1.54, 1.807) is 0 Å².